The first kappa shape index (κ1) is 14.3. The van der Waals surface area contributed by atoms with Crippen molar-refractivity contribution in [3.05, 3.63) is 22.2 Å². The fourth-order valence-corrected chi connectivity index (χ4v) is 2.67. The minimum Gasteiger partial charge on any atom is -0.493 e. The molecule has 4 nitrogen and oxygen atoms in total. The van der Waals surface area contributed by atoms with Gasteiger partial charge in [0.25, 0.3) is 0 Å². The molecule has 0 aromatic heterocycles. The van der Waals surface area contributed by atoms with E-state index in [4.69, 9.17) is 9.47 Å². The van der Waals surface area contributed by atoms with Gasteiger partial charge in [-0.15, -0.1) is 0 Å². The van der Waals surface area contributed by atoms with Crippen molar-refractivity contribution in [2.24, 2.45) is 0 Å². The molecule has 19 heavy (non-hydrogen) atoms. The fraction of sp³-hybridized carbons (Fsp3) is 0.500. The highest BCUT2D eigenvalue weighted by atomic mass is 79.9. The first-order valence-corrected chi connectivity index (χ1v) is 7.00. The number of ether oxygens (including phenoxy) is 2. The number of carbonyl (C=O) groups excluding carboxylic acids is 1. The Labute approximate surface area is 121 Å². The molecule has 5 heteroatoms. The van der Waals surface area contributed by atoms with Crippen molar-refractivity contribution in [3.63, 3.8) is 0 Å². The van der Waals surface area contributed by atoms with Crippen LogP contribution in [0.1, 0.15) is 12.5 Å². The van der Waals surface area contributed by atoms with Crippen LogP contribution in [0, 0.1) is 0 Å². The monoisotopic (exact) mass is 327 g/mol. The van der Waals surface area contributed by atoms with Gasteiger partial charge in [-0.1, -0.05) is 15.9 Å². The number of Topliss-reactive ketones (excluding diaryl/α,β-unsaturated/α-hetero) is 1. The maximum absolute atomic E-state index is 11.4. The van der Waals surface area contributed by atoms with Crippen molar-refractivity contribution in [2.75, 3.05) is 27.2 Å². The van der Waals surface area contributed by atoms with Crippen LogP contribution in [0.2, 0.25) is 0 Å². The van der Waals surface area contributed by atoms with Crippen LogP contribution in [0.25, 0.3) is 0 Å². The van der Waals surface area contributed by atoms with Crippen molar-refractivity contribution in [3.8, 4) is 11.5 Å². The van der Waals surface area contributed by atoms with E-state index in [0.717, 1.165) is 23.1 Å². The molecule has 1 heterocycles. The first-order valence-electron chi connectivity index (χ1n) is 6.20. The standard InChI is InChI=1S/C14H18BrNO3/c1-9(17)4-10-5-11(15)6-13(18-3)14(10)19-12-7-16(2)8-12/h5-6,12H,4,7-8H2,1-3H3. The van der Waals surface area contributed by atoms with Gasteiger partial charge in [0.05, 0.1) is 7.11 Å². The highest BCUT2D eigenvalue weighted by Crippen LogP contribution is 2.36. The number of hydrogen-bond donors (Lipinski definition) is 0. The number of methoxy groups -OCH3 is 1. The lowest BCUT2D eigenvalue weighted by Gasteiger charge is -2.36. The van der Waals surface area contributed by atoms with Crippen LogP contribution < -0.4 is 9.47 Å². The van der Waals surface area contributed by atoms with E-state index in [1.165, 1.54) is 0 Å². The van der Waals surface area contributed by atoms with E-state index in [9.17, 15) is 4.79 Å². The van der Waals surface area contributed by atoms with Crippen molar-refractivity contribution < 1.29 is 14.3 Å². The van der Waals surface area contributed by atoms with E-state index >= 15 is 0 Å². The molecule has 0 bridgehead atoms. The minimum atomic E-state index is 0.107. The highest BCUT2D eigenvalue weighted by Gasteiger charge is 2.27. The summed E-state index contributed by atoms with van der Waals surface area (Å²) in [7, 11) is 3.66. The lowest BCUT2D eigenvalue weighted by molar-refractivity contribution is -0.116. The molecule has 1 aliphatic rings. The predicted molar refractivity (Wildman–Crippen MR) is 77.0 cm³/mol. The summed E-state index contributed by atoms with van der Waals surface area (Å²) in [5.74, 6) is 1.47. The van der Waals surface area contributed by atoms with E-state index in [1.54, 1.807) is 14.0 Å². The number of carbonyl (C=O) groups is 1. The van der Waals surface area contributed by atoms with Gasteiger partial charge in [0.2, 0.25) is 0 Å². The quantitative estimate of drug-likeness (QED) is 0.831. The number of ketones is 1. The molecule has 0 amide bonds. The van der Waals surface area contributed by atoms with Gasteiger partial charge in [-0.25, -0.2) is 0 Å². The summed E-state index contributed by atoms with van der Waals surface area (Å²) >= 11 is 3.43. The third-order valence-corrected chi connectivity index (χ3v) is 3.53. The number of benzene rings is 1. The van der Waals surface area contributed by atoms with Gasteiger partial charge in [-0.2, -0.15) is 0 Å². The lowest BCUT2D eigenvalue weighted by Crippen LogP contribution is -2.51. The Balaban J connectivity index is 2.28. The van der Waals surface area contributed by atoms with E-state index in [-0.39, 0.29) is 11.9 Å². The SMILES string of the molecule is COc1cc(Br)cc(CC(C)=O)c1OC1CN(C)C1. The number of hydrogen-bond acceptors (Lipinski definition) is 4. The van der Waals surface area contributed by atoms with Gasteiger partial charge in [0.1, 0.15) is 11.9 Å². The number of nitrogens with zero attached hydrogens (tertiary/aromatic N) is 1. The van der Waals surface area contributed by atoms with Gasteiger partial charge in [0.15, 0.2) is 11.5 Å². The maximum Gasteiger partial charge on any atom is 0.165 e. The molecule has 1 aliphatic heterocycles. The molecule has 2 rings (SSSR count). The van der Waals surface area contributed by atoms with Crippen LogP contribution in [-0.2, 0) is 11.2 Å². The van der Waals surface area contributed by atoms with Crippen molar-refractivity contribution in [1.29, 1.82) is 0 Å². The Morgan fingerprint density at radius 2 is 2.16 bits per heavy atom. The van der Waals surface area contributed by atoms with Crippen molar-refractivity contribution >= 4 is 21.7 Å². The Morgan fingerprint density at radius 1 is 1.47 bits per heavy atom. The Bertz CT molecular complexity index is 484. The second-order valence-electron chi connectivity index (χ2n) is 4.94. The molecule has 1 saturated heterocycles. The van der Waals surface area contributed by atoms with Gasteiger partial charge in [-0.05, 0) is 26.1 Å². The van der Waals surface area contributed by atoms with Crippen LogP contribution in [0.5, 0.6) is 11.5 Å². The van der Waals surface area contributed by atoms with Gasteiger partial charge >= 0.3 is 0 Å². The maximum atomic E-state index is 11.4. The summed E-state index contributed by atoms with van der Waals surface area (Å²) in [4.78, 5) is 13.6. The normalized spacial score (nSPS) is 16.0. The molecule has 0 N–H and O–H groups in total. The van der Waals surface area contributed by atoms with Crippen molar-refractivity contribution in [2.45, 2.75) is 19.4 Å². The van der Waals surface area contributed by atoms with Crippen LogP contribution in [0.4, 0.5) is 0 Å². The number of likely N-dealkylation sites (tertiary alicyclic amines) is 1. The summed E-state index contributed by atoms with van der Waals surface area (Å²) in [6, 6.07) is 3.78. The number of rotatable bonds is 5. The van der Waals surface area contributed by atoms with Gasteiger partial charge in [0, 0.05) is 29.5 Å². The lowest BCUT2D eigenvalue weighted by atomic mass is 10.1. The molecule has 1 aromatic rings. The Hall–Kier alpha value is -1.07. The first-order chi connectivity index (χ1) is 8.99. The Kier molecular flexibility index (Phi) is 4.47. The number of likely N-dealkylation sites (N-methyl/N-ethyl adjacent to an activating group) is 1. The zero-order chi connectivity index (χ0) is 14.0. The zero-order valence-corrected chi connectivity index (χ0v) is 13.0. The van der Waals surface area contributed by atoms with Gasteiger partial charge < -0.3 is 9.47 Å². The Morgan fingerprint density at radius 3 is 2.68 bits per heavy atom. The molecule has 0 spiro atoms. The highest BCUT2D eigenvalue weighted by molar-refractivity contribution is 9.10. The molecule has 0 unspecified atom stereocenters. The van der Waals surface area contributed by atoms with Gasteiger partial charge in [-0.3, -0.25) is 9.69 Å². The molecular formula is C14H18BrNO3. The summed E-state index contributed by atoms with van der Waals surface area (Å²) < 4.78 is 12.2. The van der Waals surface area contributed by atoms with E-state index in [1.807, 2.05) is 12.1 Å². The van der Waals surface area contributed by atoms with Crippen LogP contribution in [-0.4, -0.2) is 44.0 Å². The molecule has 0 aliphatic carbocycles. The molecule has 0 atom stereocenters. The predicted octanol–water partition coefficient (Wildman–Crippen LogP) is 2.28. The second kappa shape index (κ2) is 5.92. The fourth-order valence-electron chi connectivity index (χ4n) is 2.19. The minimum absolute atomic E-state index is 0.107. The average molecular weight is 328 g/mol. The third kappa shape index (κ3) is 3.48. The molecule has 0 saturated carbocycles. The summed E-state index contributed by atoms with van der Waals surface area (Å²) in [5.41, 5.74) is 0.869. The van der Waals surface area contributed by atoms with E-state index < -0.39 is 0 Å². The average Bonchev–Trinajstić information content (AvgIpc) is 2.28. The smallest absolute Gasteiger partial charge is 0.165 e. The molecular weight excluding hydrogens is 310 g/mol. The third-order valence-electron chi connectivity index (χ3n) is 3.07. The van der Waals surface area contributed by atoms with Crippen LogP contribution in [0.3, 0.4) is 0 Å². The van der Waals surface area contributed by atoms with E-state index in [0.29, 0.717) is 17.9 Å². The van der Waals surface area contributed by atoms with E-state index in [2.05, 4.69) is 27.9 Å². The van der Waals surface area contributed by atoms with Crippen molar-refractivity contribution in [1.82, 2.24) is 4.90 Å². The summed E-state index contributed by atoms with van der Waals surface area (Å²) in [6.45, 7) is 3.38. The molecule has 104 valence electrons. The topological polar surface area (TPSA) is 38.8 Å². The number of halogens is 1. The summed E-state index contributed by atoms with van der Waals surface area (Å²) in [6.07, 6.45) is 0.527. The largest absolute Gasteiger partial charge is 0.493 e. The molecule has 1 aromatic carbocycles. The molecule has 1 fully saturated rings. The molecule has 0 radical (unpaired) electrons. The summed E-state index contributed by atoms with van der Waals surface area (Å²) in [5, 5.41) is 0. The van der Waals surface area contributed by atoms with Crippen LogP contribution in [0.15, 0.2) is 16.6 Å². The zero-order valence-electron chi connectivity index (χ0n) is 11.4. The van der Waals surface area contributed by atoms with Crippen LogP contribution >= 0.6 is 15.9 Å². The second-order valence-corrected chi connectivity index (χ2v) is 5.85.